The van der Waals surface area contributed by atoms with E-state index in [0.29, 0.717) is 25.9 Å². The molecule has 98 valence electrons. The summed E-state index contributed by atoms with van der Waals surface area (Å²) in [4.78, 5) is 32.3. The maximum absolute atomic E-state index is 11.2. The highest BCUT2D eigenvalue weighted by atomic mass is 16.4. The van der Waals surface area contributed by atoms with E-state index in [2.05, 4.69) is 10.6 Å². The number of carbonyl (C=O) groups is 3. The van der Waals surface area contributed by atoms with Crippen LogP contribution >= 0.6 is 0 Å². The fraction of sp³-hybridized carbons (Fsp3) is 0.727. The molecule has 0 saturated carbocycles. The molecule has 6 nitrogen and oxygen atoms in total. The van der Waals surface area contributed by atoms with Gasteiger partial charge in [0, 0.05) is 26.4 Å². The number of carbonyl (C=O) groups excluding carboxylic acids is 2. The fourth-order valence-electron chi connectivity index (χ4n) is 1.20. The summed E-state index contributed by atoms with van der Waals surface area (Å²) in [5.41, 5.74) is 0. The Morgan fingerprint density at radius 2 is 1.82 bits per heavy atom. The molecular weight excluding hydrogens is 224 g/mol. The summed E-state index contributed by atoms with van der Waals surface area (Å²) >= 11 is 0. The van der Waals surface area contributed by atoms with Gasteiger partial charge in [-0.25, -0.2) is 0 Å². The number of rotatable bonds is 8. The van der Waals surface area contributed by atoms with Crippen LogP contribution in [0.4, 0.5) is 0 Å². The quantitative estimate of drug-likeness (QED) is 0.529. The highest BCUT2D eigenvalue weighted by Gasteiger charge is 2.09. The average molecular weight is 244 g/mol. The lowest BCUT2D eigenvalue weighted by molar-refractivity contribution is -0.141. The summed E-state index contributed by atoms with van der Waals surface area (Å²) in [5.74, 6) is -1.50. The molecule has 0 radical (unpaired) electrons. The van der Waals surface area contributed by atoms with Crippen LogP contribution in [0, 0.1) is 5.92 Å². The molecule has 0 saturated heterocycles. The highest BCUT2D eigenvalue weighted by molar-refractivity contribution is 5.77. The van der Waals surface area contributed by atoms with Gasteiger partial charge >= 0.3 is 5.97 Å². The Bertz CT molecular complexity index is 279. The van der Waals surface area contributed by atoms with E-state index in [-0.39, 0.29) is 24.2 Å². The van der Waals surface area contributed by atoms with E-state index in [9.17, 15) is 14.4 Å². The van der Waals surface area contributed by atoms with E-state index in [0.717, 1.165) is 0 Å². The van der Waals surface area contributed by atoms with Crippen molar-refractivity contribution in [2.45, 2.75) is 33.1 Å². The first-order chi connectivity index (χ1) is 7.93. The first-order valence-corrected chi connectivity index (χ1v) is 5.67. The van der Waals surface area contributed by atoms with Crippen molar-refractivity contribution < 1.29 is 19.5 Å². The van der Waals surface area contributed by atoms with Crippen LogP contribution in [-0.4, -0.2) is 36.0 Å². The topological polar surface area (TPSA) is 95.5 Å². The number of hydrogen-bond donors (Lipinski definition) is 3. The molecule has 0 aliphatic carbocycles. The van der Waals surface area contributed by atoms with E-state index in [1.807, 2.05) is 0 Å². The maximum Gasteiger partial charge on any atom is 0.306 e. The standard InChI is InChI=1S/C11H20N2O4/c1-8(11(16)17)4-3-6-13-10(15)5-7-12-9(2)14/h8H,3-7H2,1-2H3,(H,12,14)(H,13,15)(H,16,17). The minimum absolute atomic E-state index is 0.137. The van der Waals surface area contributed by atoms with Crippen LogP contribution in [0.2, 0.25) is 0 Å². The predicted molar refractivity (Wildman–Crippen MR) is 62.3 cm³/mol. The van der Waals surface area contributed by atoms with Crippen molar-refractivity contribution in [3.63, 3.8) is 0 Å². The molecule has 0 aliphatic rings. The van der Waals surface area contributed by atoms with Crippen molar-refractivity contribution in [2.24, 2.45) is 5.92 Å². The Kier molecular flexibility index (Phi) is 7.75. The third-order valence-electron chi connectivity index (χ3n) is 2.28. The molecule has 0 fully saturated rings. The Labute approximate surface area is 101 Å². The van der Waals surface area contributed by atoms with E-state index < -0.39 is 5.97 Å². The summed E-state index contributed by atoms with van der Waals surface area (Å²) in [6.45, 7) is 3.83. The fourth-order valence-corrected chi connectivity index (χ4v) is 1.20. The summed E-state index contributed by atoms with van der Waals surface area (Å²) in [6, 6.07) is 0. The maximum atomic E-state index is 11.2. The van der Waals surface area contributed by atoms with Gasteiger partial charge in [0.05, 0.1) is 5.92 Å². The van der Waals surface area contributed by atoms with E-state index >= 15 is 0 Å². The zero-order chi connectivity index (χ0) is 13.3. The molecule has 17 heavy (non-hydrogen) atoms. The normalized spacial score (nSPS) is 11.6. The van der Waals surface area contributed by atoms with Crippen molar-refractivity contribution in [3.8, 4) is 0 Å². The third kappa shape index (κ3) is 9.35. The summed E-state index contributed by atoms with van der Waals surface area (Å²) in [7, 11) is 0. The van der Waals surface area contributed by atoms with Gasteiger partial charge in [-0.3, -0.25) is 14.4 Å². The van der Waals surface area contributed by atoms with Crippen LogP contribution in [0.1, 0.15) is 33.1 Å². The lowest BCUT2D eigenvalue weighted by Crippen LogP contribution is -2.30. The van der Waals surface area contributed by atoms with E-state index in [1.165, 1.54) is 6.92 Å². The van der Waals surface area contributed by atoms with Crippen LogP contribution in [-0.2, 0) is 14.4 Å². The minimum atomic E-state index is -0.818. The number of carboxylic acids is 1. The number of amides is 2. The SMILES string of the molecule is CC(=O)NCCC(=O)NCCCC(C)C(=O)O. The molecule has 6 heteroatoms. The van der Waals surface area contributed by atoms with Gasteiger partial charge in [0.15, 0.2) is 0 Å². The number of carboxylic acid groups (broad SMARTS) is 1. The van der Waals surface area contributed by atoms with Crippen molar-refractivity contribution in [1.82, 2.24) is 10.6 Å². The average Bonchev–Trinajstić information content (AvgIpc) is 2.23. The molecule has 0 aromatic rings. The van der Waals surface area contributed by atoms with Crippen LogP contribution in [0.3, 0.4) is 0 Å². The van der Waals surface area contributed by atoms with Gasteiger partial charge in [-0.05, 0) is 12.8 Å². The second kappa shape index (κ2) is 8.55. The molecule has 0 aliphatic heterocycles. The molecule has 0 aromatic carbocycles. The Morgan fingerprint density at radius 3 is 2.35 bits per heavy atom. The number of aliphatic carboxylic acids is 1. The molecule has 0 bridgehead atoms. The largest absolute Gasteiger partial charge is 0.481 e. The van der Waals surface area contributed by atoms with Gasteiger partial charge in [0.1, 0.15) is 0 Å². The molecule has 0 spiro atoms. The van der Waals surface area contributed by atoms with E-state index in [4.69, 9.17) is 5.11 Å². The number of nitrogens with one attached hydrogen (secondary N) is 2. The molecule has 0 aromatic heterocycles. The van der Waals surface area contributed by atoms with Gasteiger partial charge in [0.25, 0.3) is 0 Å². The predicted octanol–water partition coefficient (Wildman–Crippen LogP) is 0.130. The molecule has 0 heterocycles. The molecule has 1 unspecified atom stereocenters. The lowest BCUT2D eigenvalue weighted by atomic mass is 10.1. The lowest BCUT2D eigenvalue weighted by Gasteiger charge is -2.07. The minimum Gasteiger partial charge on any atom is -0.481 e. The molecule has 3 N–H and O–H groups in total. The number of hydrogen-bond acceptors (Lipinski definition) is 3. The summed E-state index contributed by atoms with van der Waals surface area (Å²) < 4.78 is 0. The van der Waals surface area contributed by atoms with Gasteiger partial charge in [-0.1, -0.05) is 6.92 Å². The second-order valence-corrected chi connectivity index (χ2v) is 3.96. The van der Waals surface area contributed by atoms with Crippen molar-refractivity contribution in [1.29, 1.82) is 0 Å². The Hall–Kier alpha value is -1.59. The highest BCUT2D eigenvalue weighted by Crippen LogP contribution is 2.04. The van der Waals surface area contributed by atoms with Crippen LogP contribution < -0.4 is 10.6 Å². The molecular formula is C11H20N2O4. The van der Waals surface area contributed by atoms with Gasteiger partial charge in [-0.15, -0.1) is 0 Å². The van der Waals surface area contributed by atoms with Crippen LogP contribution in [0.25, 0.3) is 0 Å². The Balaban J connectivity index is 3.45. The first-order valence-electron chi connectivity index (χ1n) is 5.67. The smallest absolute Gasteiger partial charge is 0.306 e. The van der Waals surface area contributed by atoms with Crippen LogP contribution in [0.15, 0.2) is 0 Å². The monoisotopic (exact) mass is 244 g/mol. The summed E-state index contributed by atoms with van der Waals surface area (Å²) in [6.07, 6.45) is 1.43. The molecule has 2 amide bonds. The van der Waals surface area contributed by atoms with Crippen molar-refractivity contribution in [2.75, 3.05) is 13.1 Å². The van der Waals surface area contributed by atoms with Gasteiger partial charge in [-0.2, -0.15) is 0 Å². The zero-order valence-corrected chi connectivity index (χ0v) is 10.3. The third-order valence-corrected chi connectivity index (χ3v) is 2.28. The molecule has 0 rings (SSSR count). The van der Waals surface area contributed by atoms with Gasteiger partial charge in [0.2, 0.25) is 11.8 Å². The van der Waals surface area contributed by atoms with Crippen molar-refractivity contribution >= 4 is 17.8 Å². The zero-order valence-electron chi connectivity index (χ0n) is 10.3. The van der Waals surface area contributed by atoms with Crippen LogP contribution in [0.5, 0.6) is 0 Å². The second-order valence-electron chi connectivity index (χ2n) is 3.96. The van der Waals surface area contributed by atoms with Gasteiger partial charge < -0.3 is 15.7 Å². The van der Waals surface area contributed by atoms with Crippen molar-refractivity contribution in [3.05, 3.63) is 0 Å². The van der Waals surface area contributed by atoms with E-state index in [1.54, 1.807) is 6.92 Å². The molecule has 1 atom stereocenters. The Morgan fingerprint density at radius 1 is 1.18 bits per heavy atom. The first kappa shape index (κ1) is 15.4. The summed E-state index contributed by atoms with van der Waals surface area (Å²) in [5, 5.41) is 13.8.